The standard InChI is InChI=1S/C19H16BrClN2O3/c1-11-17(18(26-22-11)14-8-3-5-9-15(14)20)23(19(24)25)12(2)13-7-4-6-10-16(13)21/h3-10,12H,1-2H3,(H,24,25). The van der Waals surface area contributed by atoms with Crippen molar-refractivity contribution in [2.24, 2.45) is 0 Å². The summed E-state index contributed by atoms with van der Waals surface area (Å²) in [7, 11) is 0. The van der Waals surface area contributed by atoms with Gasteiger partial charge in [0.2, 0.25) is 0 Å². The second-order valence-corrected chi connectivity index (χ2v) is 7.04. The minimum absolute atomic E-state index is 0.385. The Labute approximate surface area is 164 Å². The van der Waals surface area contributed by atoms with Crippen LogP contribution in [0.1, 0.15) is 24.2 Å². The van der Waals surface area contributed by atoms with Gasteiger partial charge in [-0.3, -0.25) is 4.90 Å². The quantitative estimate of drug-likeness (QED) is 0.521. The molecule has 2 aromatic carbocycles. The number of benzene rings is 2. The van der Waals surface area contributed by atoms with E-state index in [2.05, 4.69) is 21.1 Å². The highest BCUT2D eigenvalue weighted by molar-refractivity contribution is 9.10. The van der Waals surface area contributed by atoms with Gasteiger partial charge >= 0.3 is 6.09 Å². The lowest BCUT2D eigenvalue weighted by atomic mass is 10.0. The van der Waals surface area contributed by atoms with Crippen molar-refractivity contribution >= 4 is 39.3 Å². The average Bonchev–Trinajstić information content (AvgIpc) is 2.97. The van der Waals surface area contributed by atoms with Crippen LogP contribution in [-0.4, -0.2) is 16.4 Å². The molecule has 1 N–H and O–H groups in total. The summed E-state index contributed by atoms with van der Waals surface area (Å²) in [5.74, 6) is 0.385. The Balaban J connectivity index is 2.16. The number of aryl methyl sites for hydroxylation is 1. The molecule has 0 aliphatic carbocycles. The third-order valence-electron chi connectivity index (χ3n) is 4.14. The molecule has 1 unspecified atom stereocenters. The molecule has 7 heteroatoms. The molecule has 3 aromatic rings. The third kappa shape index (κ3) is 3.34. The van der Waals surface area contributed by atoms with Crippen molar-refractivity contribution in [3.63, 3.8) is 0 Å². The van der Waals surface area contributed by atoms with E-state index in [-0.39, 0.29) is 0 Å². The summed E-state index contributed by atoms with van der Waals surface area (Å²) < 4.78 is 6.28. The summed E-state index contributed by atoms with van der Waals surface area (Å²) in [5.41, 5.74) is 2.31. The van der Waals surface area contributed by atoms with Gasteiger partial charge in [0.05, 0.1) is 6.04 Å². The summed E-state index contributed by atoms with van der Waals surface area (Å²) >= 11 is 9.77. The van der Waals surface area contributed by atoms with E-state index in [0.29, 0.717) is 27.7 Å². The Kier molecular flexibility index (Phi) is 5.34. The lowest BCUT2D eigenvalue weighted by Crippen LogP contribution is -2.33. The third-order valence-corrected chi connectivity index (χ3v) is 5.18. The maximum absolute atomic E-state index is 12.1. The smallest absolute Gasteiger partial charge is 0.412 e. The van der Waals surface area contributed by atoms with E-state index in [9.17, 15) is 9.90 Å². The van der Waals surface area contributed by atoms with Gasteiger partial charge in [-0.2, -0.15) is 0 Å². The number of hydrogen-bond acceptors (Lipinski definition) is 3. The molecule has 0 radical (unpaired) electrons. The van der Waals surface area contributed by atoms with Crippen molar-refractivity contribution < 1.29 is 14.4 Å². The number of amides is 1. The Hall–Kier alpha value is -2.31. The minimum atomic E-state index is -1.11. The second kappa shape index (κ2) is 7.51. The van der Waals surface area contributed by atoms with Crippen LogP contribution in [0.2, 0.25) is 5.02 Å². The van der Waals surface area contributed by atoms with E-state index in [0.717, 1.165) is 10.0 Å². The maximum Gasteiger partial charge on any atom is 0.412 e. The number of nitrogens with zero attached hydrogens (tertiary/aromatic N) is 2. The van der Waals surface area contributed by atoms with E-state index in [1.165, 1.54) is 4.90 Å². The van der Waals surface area contributed by atoms with Crippen LogP contribution in [0.3, 0.4) is 0 Å². The number of halogens is 2. The number of carboxylic acid groups (broad SMARTS) is 1. The molecule has 3 rings (SSSR count). The van der Waals surface area contributed by atoms with Gasteiger partial charge < -0.3 is 9.63 Å². The fourth-order valence-corrected chi connectivity index (χ4v) is 3.64. The number of anilines is 1. The van der Waals surface area contributed by atoms with Crippen molar-refractivity contribution in [2.75, 3.05) is 4.90 Å². The van der Waals surface area contributed by atoms with Crippen molar-refractivity contribution in [2.45, 2.75) is 19.9 Å². The molecule has 1 amide bonds. The summed E-state index contributed by atoms with van der Waals surface area (Å²) in [6.07, 6.45) is -1.11. The molecule has 0 aliphatic heterocycles. The zero-order chi connectivity index (χ0) is 18.8. The molecular formula is C19H16BrClN2O3. The Morgan fingerprint density at radius 1 is 1.23 bits per heavy atom. The highest BCUT2D eigenvalue weighted by atomic mass is 79.9. The normalized spacial score (nSPS) is 12.0. The highest BCUT2D eigenvalue weighted by Crippen LogP contribution is 2.41. The van der Waals surface area contributed by atoms with Gasteiger partial charge in [-0.25, -0.2) is 4.79 Å². The monoisotopic (exact) mass is 434 g/mol. The van der Waals surface area contributed by atoms with Crippen LogP contribution in [0.5, 0.6) is 0 Å². The topological polar surface area (TPSA) is 66.6 Å². The van der Waals surface area contributed by atoms with E-state index in [4.69, 9.17) is 16.1 Å². The summed E-state index contributed by atoms with van der Waals surface area (Å²) in [6.45, 7) is 3.50. The van der Waals surface area contributed by atoms with Gasteiger partial charge in [-0.15, -0.1) is 0 Å². The molecule has 5 nitrogen and oxygen atoms in total. The molecule has 0 bridgehead atoms. The number of rotatable bonds is 4. The predicted molar refractivity (Wildman–Crippen MR) is 105 cm³/mol. The van der Waals surface area contributed by atoms with Crippen molar-refractivity contribution in [3.8, 4) is 11.3 Å². The van der Waals surface area contributed by atoms with Crippen LogP contribution >= 0.6 is 27.5 Å². The first-order valence-electron chi connectivity index (χ1n) is 7.89. The molecular weight excluding hydrogens is 420 g/mol. The fraction of sp³-hybridized carbons (Fsp3) is 0.158. The van der Waals surface area contributed by atoms with E-state index in [1.807, 2.05) is 36.4 Å². The zero-order valence-electron chi connectivity index (χ0n) is 14.1. The highest BCUT2D eigenvalue weighted by Gasteiger charge is 2.31. The molecule has 0 saturated carbocycles. The number of carbonyl (C=O) groups is 1. The van der Waals surface area contributed by atoms with Crippen LogP contribution in [-0.2, 0) is 0 Å². The number of aromatic nitrogens is 1. The van der Waals surface area contributed by atoms with Gasteiger partial charge in [0, 0.05) is 15.1 Å². The first-order chi connectivity index (χ1) is 12.4. The maximum atomic E-state index is 12.1. The Morgan fingerprint density at radius 2 is 1.88 bits per heavy atom. The average molecular weight is 436 g/mol. The van der Waals surface area contributed by atoms with Gasteiger partial charge in [0.15, 0.2) is 5.76 Å². The van der Waals surface area contributed by atoms with Crippen LogP contribution < -0.4 is 4.90 Å². The first-order valence-corrected chi connectivity index (χ1v) is 9.06. The van der Waals surface area contributed by atoms with E-state index in [1.54, 1.807) is 26.0 Å². The van der Waals surface area contributed by atoms with E-state index >= 15 is 0 Å². The van der Waals surface area contributed by atoms with Crippen LogP contribution in [0.25, 0.3) is 11.3 Å². The molecule has 1 heterocycles. The van der Waals surface area contributed by atoms with Gasteiger partial charge in [-0.1, -0.05) is 63.0 Å². The lowest BCUT2D eigenvalue weighted by Gasteiger charge is -2.27. The minimum Gasteiger partial charge on any atom is -0.465 e. The van der Waals surface area contributed by atoms with Crippen LogP contribution in [0, 0.1) is 6.92 Å². The molecule has 26 heavy (non-hydrogen) atoms. The molecule has 134 valence electrons. The van der Waals surface area contributed by atoms with Crippen LogP contribution in [0.15, 0.2) is 57.5 Å². The van der Waals surface area contributed by atoms with Gasteiger partial charge in [-0.05, 0) is 37.6 Å². The van der Waals surface area contributed by atoms with Crippen molar-refractivity contribution in [3.05, 3.63) is 69.3 Å². The molecule has 0 saturated heterocycles. The van der Waals surface area contributed by atoms with Crippen molar-refractivity contribution in [1.82, 2.24) is 5.16 Å². The summed E-state index contributed by atoms with van der Waals surface area (Å²) in [6, 6.07) is 14.1. The van der Waals surface area contributed by atoms with Gasteiger partial charge in [0.1, 0.15) is 11.4 Å². The Bertz CT molecular complexity index is 957. The molecule has 0 aliphatic rings. The molecule has 0 fully saturated rings. The summed E-state index contributed by atoms with van der Waals surface area (Å²) in [5, 5.41) is 14.4. The van der Waals surface area contributed by atoms with Gasteiger partial charge in [0.25, 0.3) is 0 Å². The Morgan fingerprint density at radius 3 is 2.54 bits per heavy atom. The second-order valence-electron chi connectivity index (χ2n) is 5.78. The lowest BCUT2D eigenvalue weighted by molar-refractivity contribution is 0.199. The first kappa shape index (κ1) is 18.5. The van der Waals surface area contributed by atoms with Crippen molar-refractivity contribution in [1.29, 1.82) is 0 Å². The predicted octanol–water partition coefficient (Wildman–Crippen LogP) is 6.31. The molecule has 0 spiro atoms. The number of hydrogen-bond donors (Lipinski definition) is 1. The largest absolute Gasteiger partial charge is 0.465 e. The zero-order valence-corrected chi connectivity index (χ0v) is 16.5. The molecule has 1 atom stereocenters. The van der Waals surface area contributed by atoms with E-state index < -0.39 is 12.1 Å². The molecule has 1 aromatic heterocycles. The fourth-order valence-electron chi connectivity index (χ4n) is 2.88. The summed E-state index contributed by atoms with van der Waals surface area (Å²) in [4.78, 5) is 13.4. The SMILES string of the molecule is Cc1noc(-c2ccccc2Br)c1N(C(=O)O)C(C)c1ccccc1Cl. The van der Waals surface area contributed by atoms with Crippen LogP contribution in [0.4, 0.5) is 10.5 Å².